The van der Waals surface area contributed by atoms with Crippen LogP contribution < -0.4 is 10.9 Å². The third kappa shape index (κ3) is 2.53. The van der Waals surface area contributed by atoms with Gasteiger partial charge in [0.25, 0.3) is 0 Å². The molecule has 2 N–H and O–H groups in total. The van der Waals surface area contributed by atoms with Gasteiger partial charge in [-0.3, -0.25) is 15.6 Å². The number of nitrogens with one attached hydrogen (secondary N) is 2. The van der Waals surface area contributed by atoms with Gasteiger partial charge in [0.2, 0.25) is 5.91 Å². The van der Waals surface area contributed by atoms with Gasteiger partial charge in [0.05, 0.1) is 17.3 Å². The molecular weight excluding hydrogens is 268 g/mol. The summed E-state index contributed by atoms with van der Waals surface area (Å²) in [5.74, 6) is 0.307. The summed E-state index contributed by atoms with van der Waals surface area (Å²) in [6, 6.07) is 7.97. The van der Waals surface area contributed by atoms with Crippen LogP contribution in [0.2, 0.25) is 0 Å². The maximum atomic E-state index is 11.0. The molecule has 2 heterocycles. The Kier molecular flexibility index (Phi) is 3.23. The van der Waals surface area contributed by atoms with Crippen LogP contribution in [0.3, 0.4) is 0 Å². The zero-order valence-corrected chi connectivity index (χ0v) is 11.7. The largest absolute Gasteiger partial charge is 0.281 e. The number of benzene rings is 1. The standard InChI is InChI=1S/C14H14N6O/c1-9-4-3-5-11(6-9)20-14-12(7-17-20)13(15-8-16-14)19-18-10(2)21/h3-8H,1-2H3,(H,18,21)(H,15,16,19). The SMILES string of the molecule is CC(=O)NNc1ncnc2c1cnn2-c1cccc(C)c1. The van der Waals surface area contributed by atoms with Crippen LogP contribution in [-0.2, 0) is 4.79 Å². The maximum absolute atomic E-state index is 11.0. The molecule has 0 radical (unpaired) electrons. The van der Waals surface area contributed by atoms with Crippen molar-refractivity contribution in [2.24, 2.45) is 0 Å². The molecule has 0 fully saturated rings. The van der Waals surface area contributed by atoms with E-state index in [1.807, 2.05) is 31.2 Å². The van der Waals surface area contributed by atoms with Crippen LogP contribution in [0.4, 0.5) is 5.82 Å². The molecule has 0 atom stereocenters. The fraction of sp³-hybridized carbons (Fsp3) is 0.143. The lowest BCUT2D eigenvalue weighted by Gasteiger charge is -2.07. The van der Waals surface area contributed by atoms with E-state index in [4.69, 9.17) is 0 Å². The Morgan fingerprint density at radius 3 is 2.90 bits per heavy atom. The average Bonchev–Trinajstić information content (AvgIpc) is 2.89. The number of hydrogen-bond acceptors (Lipinski definition) is 5. The number of nitrogens with zero attached hydrogens (tertiary/aromatic N) is 4. The molecule has 0 aliphatic heterocycles. The molecule has 21 heavy (non-hydrogen) atoms. The molecule has 3 aromatic rings. The van der Waals surface area contributed by atoms with Gasteiger partial charge < -0.3 is 0 Å². The van der Waals surface area contributed by atoms with Crippen LogP contribution in [0.25, 0.3) is 16.7 Å². The molecule has 2 aromatic heterocycles. The van der Waals surface area contributed by atoms with Crippen molar-refractivity contribution >= 4 is 22.8 Å². The van der Waals surface area contributed by atoms with Crippen LogP contribution in [-0.4, -0.2) is 25.7 Å². The van der Waals surface area contributed by atoms with Gasteiger partial charge >= 0.3 is 0 Å². The average molecular weight is 282 g/mol. The van der Waals surface area contributed by atoms with E-state index >= 15 is 0 Å². The first-order valence-corrected chi connectivity index (χ1v) is 6.43. The summed E-state index contributed by atoms with van der Waals surface area (Å²) in [6.45, 7) is 3.44. The normalized spacial score (nSPS) is 10.6. The van der Waals surface area contributed by atoms with E-state index in [1.165, 1.54) is 13.3 Å². The maximum Gasteiger partial charge on any atom is 0.235 e. The van der Waals surface area contributed by atoms with Gasteiger partial charge in [-0.2, -0.15) is 5.10 Å². The quantitative estimate of drug-likeness (QED) is 0.713. The highest BCUT2D eigenvalue weighted by Gasteiger charge is 2.11. The van der Waals surface area contributed by atoms with E-state index < -0.39 is 0 Å². The summed E-state index contributed by atoms with van der Waals surface area (Å²) >= 11 is 0. The summed E-state index contributed by atoms with van der Waals surface area (Å²) in [5, 5.41) is 5.09. The fourth-order valence-electron chi connectivity index (χ4n) is 2.04. The van der Waals surface area contributed by atoms with Crippen molar-refractivity contribution in [1.82, 2.24) is 25.2 Å². The minimum atomic E-state index is -0.201. The first-order chi connectivity index (χ1) is 10.1. The van der Waals surface area contributed by atoms with Gasteiger partial charge in [-0.15, -0.1) is 0 Å². The topological polar surface area (TPSA) is 84.7 Å². The van der Waals surface area contributed by atoms with Gasteiger partial charge in [0.1, 0.15) is 6.33 Å². The second-order valence-corrected chi connectivity index (χ2v) is 4.66. The van der Waals surface area contributed by atoms with E-state index in [9.17, 15) is 4.79 Å². The van der Waals surface area contributed by atoms with Crippen LogP contribution in [0.5, 0.6) is 0 Å². The Bertz CT molecular complexity index is 810. The van der Waals surface area contributed by atoms with E-state index in [0.717, 1.165) is 16.6 Å². The van der Waals surface area contributed by atoms with Gasteiger partial charge in [-0.25, -0.2) is 14.6 Å². The molecule has 0 unspecified atom stereocenters. The first kappa shape index (κ1) is 13.0. The van der Waals surface area contributed by atoms with E-state index in [1.54, 1.807) is 10.9 Å². The van der Waals surface area contributed by atoms with Crippen molar-refractivity contribution in [2.45, 2.75) is 13.8 Å². The lowest BCUT2D eigenvalue weighted by molar-refractivity contribution is -0.118. The number of aromatic nitrogens is 4. The number of hydrazine groups is 1. The van der Waals surface area contributed by atoms with E-state index in [2.05, 4.69) is 25.9 Å². The number of anilines is 1. The third-order valence-electron chi connectivity index (χ3n) is 2.97. The Hall–Kier alpha value is -2.96. The number of rotatable bonds is 3. The Labute approximate surface area is 121 Å². The molecule has 0 saturated heterocycles. The van der Waals surface area contributed by atoms with Gasteiger partial charge in [0.15, 0.2) is 11.5 Å². The highest BCUT2D eigenvalue weighted by molar-refractivity contribution is 5.88. The number of hydrogen-bond donors (Lipinski definition) is 2. The summed E-state index contributed by atoms with van der Waals surface area (Å²) in [6.07, 6.45) is 3.10. The van der Waals surface area contributed by atoms with Gasteiger partial charge in [-0.05, 0) is 24.6 Å². The van der Waals surface area contributed by atoms with Crippen LogP contribution >= 0.6 is 0 Å². The first-order valence-electron chi connectivity index (χ1n) is 6.43. The number of carbonyl (C=O) groups is 1. The van der Waals surface area contributed by atoms with Crippen LogP contribution in [0.15, 0.2) is 36.8 Å². The molecule has 7 heteroatoms. The number of fused-ring (bicyclic) bond motifs is 1. The van der Waals surface area contributed by atoms with Gasteiger partial charge in [0, 0.05) is 6.92 Å². The van der Waals surface area contributed by atoms with Crippen molar-refractivity contribution in [1.29, 1.82) is 0 Å². The number of amides is 1. The molecule has 3 rings (SSSR count). The van der Waals surface area contributed by atoms with Crippen LogP contribution in [0, 0.1) is 6.92 Å². The molecular formula is C14H14N6O. The predicted octanol–water partition coefficient (Wildman–Crippen LogP) is 1.59. The van der Waals surface area contributed by atoms with Crippen molar-refractivity contribution in [3.8, 4) is 5.69 Å². The molecule has 1 amide bonds. The van der Waals surface area contributed by atoms with Crippen molar-refractivity contribution < 1.29 is 4.79 Å². The highest BCUT2D eigenvalue weighted by atomic mass is 16.2. The lowest BCUT2D eigenvalue weighted by atomic mass is 10.2. The minimum absolute atomic E-state index is 0.201. The molecule has 106 valence electrons. The Morgan fingerprint density at radius 2 is 2.14 bits per heavy atom. The number of aryl methyl sites for hydroxylation is 1. The van der Waals surface area contributed by atoms with Crippen molar-refractivity contribution in [3.63, 3.8) is 0 Å². The second-order valence-electron chi connectivity index (χ2n) is 4.66. The smallest absolute Gasteiger partial charge is 0.235 e. The summed E-state index contributed by atoms with van der Waals surface area (Å²) < 4.78 is 1.74. The van der Waals surface area contributed by atoms with Crippen molar-refractivity contribution in [2.75, 3.05) is 5.43 Å². The van der Waals surface area contributed by atoms with Crippen LogP contribution in [0.1, 0.15) is 12.5 Å². The monoisotopic (exact) mass is 282 g/mol. The predicted molar refractivity (Wildman–Crippen MR) is 78.8 cm³/mol. The molecule has 0 saturated carbocycles. The molecule has 7 nitrogen and oxygen atoms in total. The Balaban J connectivity index is 2.06. The Morgan fingerprint density at radius 1 is 1.29 bits per heavy atom. The van der Waals surface area contributed by atoms with E-state index in [-0.39, 0.29) is 5.91 Å². The van der Waals surface area contributed by atoms with E-state index in [0.29, 0.717) is 11.5 Å². The molecule has 0 spiro atoms. The molecule has 0 bridgehead atoms. The zero-order valence-electron chi connectivity index (χ0n) is 11.7. The van der Waals surface area contributed by atoms with Crippen molar-refractivity contribution in [3.05, 3.63) is 42.4 Å². The van der Waals surface area contributed by atoms with Gasteiger partial charge in [-0.1, -0.05) is 12.1 Å². The fourth-order valence-corrected chi connectivity index (χ4v) is 2.04. The summed E-state index contributed by atoms with van der Waals surface area (Å²) in [5.41, 5.74) is 7.99. The number of carbonyl (C=O) groups excluding carboxylic acids is 1. The summed E-state index contributed by atoms with van der Waals surface area (Å²) in [4.78, 5) is 19.4. The molecule has 0 aliphatic carbocycles. The second kappa shape index (κ2) is 5.20. The summed E-state index contributed by atoms with van der Waals surface area (Å²) in [7, 11) is 0. The molecule has 0 aliphatic rings. The zero-order chi connectivity index (χ0) is 14.8. The molecule has 1 aromatic carbocycles. The minimum Gasteiger partial charge on any atom is -0.281 e. The lowest BCUT2D eigenvalue weighted by Crippen LogP contribution is -2.27. The highest BCUT2D eigenvalue weighted by Crippen LogP contribution is 2.21. The third-order valence-corrected chi connectivity index (χ3v) is 2.97.